The van der Waals surface area contributed by atoms with Crippen LogP contribution in [0.4, 0.5) is 0 Å². The monoisotopic (exact) mass is 407 g/mol. The first-order valence-electron chi connectivity index (χ1n) is 6.41. The fraction of sp³-hybridized carbons (Fsp3) is 0.500. The maximum Gasteiger partial charge on any atom is 0.252 e. The van der Waals surface area contributed by atoms with Crippen molar-refractivity contribution in [3.63, 3.8) is 0 Å². The van der Waals surface area contributed by atoms with Crippen molar-refractivity contribution in [2.45, 2.75) is 19.3 Å². The second-order valence-electron chi connectivity index (χ2n) is 4.94. The first kappa shape index (κ1) is 15.3. The molecule has 0 aromatic heterocycles. The van der Waals surface area contributed by atoms with E-state index in [1.807, 2.05) is 6.07 Å². The molecule has 2 rings (SSSR count). The van der Waals surface area contributed by atoms with Crippen LogP contribution < -0.4 is 5.32 Å². The molecule has 2 atom stereocenters. The first-order chi connectivity index (χ1) is 9.11. The number of hydrogen-bond acceptors (Lipinski definition) is 1. The molecule has 1 aromatic carbocycles. The standard InChI is InChI=1S/C14H16Br2ClNO/c15-7-9-2-1-3-10(9)8-18-14(19)12-5-4-11(16)6-13(12)17/h4-6,9-10H,1-3,7-8H2,(H,18,19). The Morgan fingerprint density at radius 1 is 1.37 bits per heavy atom. The number of halogens is 3. The summed E-state index contributed by atoms with van der Waals surface area (Å²) in [5.74, 6) is 1.18. The van der Waals surface area contributed by atoms with E-state index in [1.165, 1.54) is 19.3 Å². The maximum absolute atomic E-state index is 12.1. The summed E-state index contributed by atoms with van der Waals surface area (Å²) < 4.78 is 0.879. The smallest absolute Gasteiger partial charge is 0.252 e. The molecule has 1 fully saturated rings. The van der Waals surface area contributed by atoms with Gasteiger partial charge in [0.25, 0.3) is 5.91 Å². The van der Waals surface area contributed by atoms with Gasteiger partial charge >= 0.3 is 0 Å². The number of amides is 1. The SMILES string of the molecule is O=C(NCC1CCCC1CBr)c1ccc(Br)cc1Cl. The minimum absolute atomic E-state index is 0.0854. The van der Waals surface area contributed by atoms with E-state index in [-0.39, 0.29) is 5.91 Å². The Kier molecular flexibility index (Phi) is 5.72. The van der Waals surface area contributed by atoms with E-state index in [0.29, 0.717) is 22.4 Å². The summed E-state index contributed by atoms with van der Waals surface area (Å²) in [4.78, 5) is 12.1. The molecule has 19 heavy (non-hydrogen) atoms. The highest BCUT2D eigenvalue weighted by Crippen LogP contribution is 2.32. The number of benzene rings is 1. The highest BCUT2D eigenvalue weighted by molar-refractivity contribution is 9.10. The molecule has 1 saturated carbocycles. The molecule has 0 aliphatic heterocycles. The van der Waals surface area contributed by atoms with Gasteiger partial charge in [0.05, 0.1) is 10.6 Å². The van der Waals surface area contributed by atoms with Gasteiger partial charge in [-0.15, -0.1) is 0 Å². The third kappa shape index (κ3) is 3.96. The molecule has 0 radical (unpaired) electrons. The van der Waals surface area contributed by atoms with Crippen molar-refractivity contribution in [2.75, 3.05) is 11.9 Å². The van der Waals surface area contributed by atoms with Gasteiger partial charge in [-0.3, -0.25) is 4.79 Å². The molecule has 1 aliphatic rings. The van der Waals surface area contributed by atoms with Crippen LogP contribution in [-0.4, -0.2) is 17.8 Å². The highest BCUT2D eigenvalue weighted by Gasteiger charge is 2.26. The number of carbonyl (C=O) groups is 1. The Morgan fingerprint density at radius 2 is 2.11 bits per heavy atom. The van der Waals surface area contributed by atoms with Crippen LogP contribution in [0.3, 0.4) is 0 Å². The quantitative estimate of drug-likeness (QED) is 0.721. The van der Waals surface area contributed by atoms with E-state index >= 15 is 0 Å². The molecule has 1 aromatic rings. The molecule has 2 nitrogen and oxygen atoms in total. The van der Waals surface area contributed by atoms with E-state index in [0.717, 1.165) is 16.3 Å². The van der Waals surface area contributed by atoms with Crippen molar-refractivity contribution in [1.82, 2.24) is 5.32 Å². The Labute approximate surface area is 135 Å². The number of alkyl halides is 1. The normalized spacial score (nSPS) is 22.5. The van der Waals surface area contributed by atoms with Crippen molar-refractivity contribution in [2.24, 2.45) is 11.8 Å². The van der Waals surface area contributed by atoms with Gasteiger partial charge in [-0.05, 0) is 42.9 Å². The summed E-state index contributed by atoms with van der Waals surface area (Å²) in [6, 6.07) is 5.32. The molecular formula is C14H16Br2ClNO. The van der Waals surface area contributed by atoms with Crippen molar-refractivity contribution < 1.29 is 4.79 Å². The number of nitrogens with one attached hydrogen (secondary N) is 1. The number of rotatable bonds is 4. The second kappa shape index (κ2) is 7.09. The van der Waals surface area contributed by atoms with Crippen LogP contribution in [-0.2, 0) is 0 Å². The van der Waals surface area contributed by atoms with Crippen LogP contribution in [0.1, 0.15) is 29.6 Å². The third-order valence-corrected chi connectivity index (χ3v) is 5.35. The average Bonchev–Trinajstić information content (AvgIpc) is 2.83. The topological polar surface area (TPSA) is 29.1 Å². The van der Waals surface area contributed by atoms with E-state index < -0.39 is 0 Å². The predicted octanol–water partition coefficient (Wildman–Crippen LogP) is 4.64. The molecule has 0 bridgehead atoms. The summed E-state index contributed by atoms with van der Waals surface area (Å²) in [6.45, 7) is 0.738. The predicted molar refractivity (Wildman–Crippen MR) is 86.1 cm³/mol. The molecular weight excluding hydrogens is 393 g/mol. The minimum Gasteiger partial charge on any atom is -0.352 e. The molecule has 1 amide bonds. The summed E-state index contributed by atoms with van der Waals surface area (Å²) in [5.41, 5.74) is 0.540. The third-order valence-electron chi connectivity index (χ3n) is 3.72. The van der Waals surface area contributed by atoms with Gasteiger partial charge in [0.1, 0.15) is 0 Å². The van der Waals surface area contributed by atoms with Crippen LogP contribution in [0.25, 0.3) is 0 Å². The van der Waals surface area contributed by atoms with Crippen molar-refractivity contribution in [3.05, 3.63) is 33.3 Å². The Balaban J connectivity index is 1.94. The zero-order valence-electron chi connectivity index (χ0n) is 10.5. The molecule has 0 saturated heterocycles. The largest absolute Gasteiger partial charge is 0.352 e. The van der Waals surface area contributed by atoms with Crippen LogP contribution in [0.2, 0.25) is 5.02 Å². The van der Waals surface area contributed by atoms with E-state index in [4.69, 9.17) is 11.6 Å². The zero-order chi connectivity index (χ0) is 13.8. The zero-order valence-corrected chi connectivity index (χ0v) is 14.4. The fourth-order valence-electron chi connectivity index (χ4n) is 2.58. The maximum atomic E-state index is 12.1. The van der Waals surface area contributed by atoms with E-state index in [1.54, 1.807) is 12.1 Å². The van der Waals surface area contributed by atoms with Gasteiger partial charge in [0, 0.05) is 16.3 Å². The molecule has 5 heteroatoms. The molecule has 0 heterocycles. The fourth-order valence-corrected chi connectivity index (χ4v) is 4.19. The lowest BCUT2D eigenvalue weighted by atomic mass is 9.98. The molecule has 1 N–H and O–H groups in total. The molecule has 2 unspecified atom stereocenters. The lowest BCUT2D eigenvalue weighted by Gasteiger charge is -2.18. The second-order valence-corrected chi connectivity index (χ2v) is 6.91. The van der Waals surface area contributed by atoms with Crippen molar-refractivity contribution in [3.8, 4) is 0 Å². The van der Waals surface area contributed by atoms with Crippen molar-refractivity contribution >= 4 is 49.4 Å². The summed E-state index contributed by atoms with van der Waals surface area (Å²) in [7, 11) is 0. The molecule has 0 spiro atoms. The van der Waals surface area contributed by atoms with Gasteiger partial charge < -0.3 is 5.32 Å². The Bertz CT molecular complexity index is 467. The van der Waals surface area contributed by atoms with Crippen LogP contribution in [0, 0.1) is 11.8 Å². The van der Waals surface area contributed by atoms with Gasteiger partial charge in [0.15, 0.2) is 0 Å². The number of hydrogen-bond donors (Lipinski definition) is 1. The Hall–Kier alpha value is -0.0600. The summed E-state index contributed by atoms with van der Waals surface area (Å²) >= 11 is 13.0. The lowest BCUT2D eigenvalue weighted by Crippen LogP contribution is -2.31. The van der Waals surface area contributed by atoms with E-state index in [9.17, 15) is 4.79 Å². The minimum atomic E-state index is -0.0854. The number of carbonyl (C=O) groups excluding carboxylic acids is 1. The van der Waals surface area contributed by atoms with Crippen LogP contribution >= 0.6 is 43.5 Å². The average molecular weight is 410 g/mol. The lowest BCUT2D eigenvalue weighted by molar-refractivity contribution is 0.0945. The van der Waals surface area contributed by atoms with Gasteiger partial charge in [0.2, 0.25) is 0 Å². The van der Waals surface area contributed by atoms with Gasteiger partial charge in [-0.25, -0.2) is 0 Å². The summed E-state index contributed by atoms with van der Waals surface area (Å²) in [6.07, 6.45) is 3.71. The van der Waals surface area contributed by atoms with E-state index in [2.05, 4.69) is 37.2 Å². The van der Waals surface area contributed by atoms with Crippen LogP contribution in [0.5, 0.6) is 0 Å². The first-order valence-corrected chi connectivity index (χ1v) is 8.70. The van der Waals surface area contributed by atoms with Crippen molar-refractivity contribution in [1.29, 1.82) is 0 Å². The molecule has 104 valence electrons. The highest BCUT2D eigenvalue weighted by atomic mass is 79.9. The summed E-state index contributed by atoms with van der Waals surface area (Å²) in [5, 5.41) is 4.51. The van der Waals surface area contributed by atoms with Crippen LogP contribution in [0.15, 0.2) is 22.7 Å². The molecule has 1 aliphatic carbocycles. The van der Waals surface area contributed by atoms with Gasteiger partial charge in [-0.2, -0.15) is 0 Å². The Morgan fingerprint density at radius 3 is 2.79 bits per heavy atom. The van der Waals surface area contributed by atoms with Gasteiger partial charge in [-0.1, -0.05) is 49.9 Å².